The molecule has 0 bridgehead atoms. The highest BCUT2D eigenvalue weighted by atomic mass is 32.1. The molecule has 212 valence electrons. The maximum Gasteiger partial charge on any atom is 0.268 e. The van der Waals surface area contributed by atoms with E-state index in [0.29, 0.717) is 34.3 Å². The molecule has 0 saturated carbocycles. The lowest BCUT2D eigenvalue weighted by Crippen LogP contribution is -2.26. The lowest BCUT2D eigenvalue weighted by Gasteiger charge is -2.18. The van der Waals surface area contributed by atoms with Crippen LogP contribution < -0.4 is 10.2 Å². The van der Waals surface area contributed by atoms with Crippen molar-refractivity contribution in [1.29, 1.82) is 0 Å². The first kappa shape index (κ1) is 27.2. The van der Waals surface area contributed by atoms with Gasteiger partial charge < -0.3 is 13.9 Å². The molecule has 0 unspecified atom stereocenters. The van der Waals surface area contributed by atoms with Gasteiger partial charge in [0, 0.05) is 37.3 Å². The summed E-state index contributed by atoms with van der Waals surface area (Å²) in [6.07, 6.45) is 10.3. The topological polar surface area (TPSA) is 106 Å². The second kappa shape index (κ2) is 11.5. The number of oxazole rings is 1. The van der Waals surface area contributed by atoms with Gasteiger partial charge in [-0.1, -0.05) is 6.08 Å². The Labute approximate surface area is 242 Å². The molecule has 0 fully saturated rings. The van der Waals surface area contributed by atoms with E-state index in [1.165, 1.54) is 28.7 Å². The normalized spacial score (nSPS) is 14.4. The van der Waals surface area contributed by atoms with Crippen molar-refractivity contribution >= 4 is 52.0 Å². The van der Waals surface area contributed by atoms with E-state index in [1.807, 2.05) is 22.9 Å². The summed E-state index contributed by atoms with van der Waals surface area (Å²) in [4.78, 5) is 41.7. The first-order chi connectivity index (χ1) is 20.4. The van der Waals surface area contributed by atoms with Crippen LogP contribution in [0.5, 0.6) is 0 Å². The fraction of sp³-hybridized carbons (Fsp3) is 0.167. The number of imidazole rings is 1. The molecule has 0 radical (unpaired) electrons. The van der Waals surface area contributed by atoms with Gasteiger partial charge in [0.1, 0.15) is 0 Å². The van der Waals surface area contributed by atoms with Crippen LogP contribution in [0.2, 0.25) is 0 Å². The molecule has 4 heterocycles. The predicted octanol–water partition coefficient (Wildman–Crippen LogP) is 6.55. The number of aromatic nitrogens is 3. The lowest BCUT2D eigenvalue weighted by molar-refractivity contribution is 0.0990. The van der Waals surface area contributed by atoms with Gasteiger partial charge in [0.2, 0.25) is 5.95 Å². The monoisotopic (exact) mass is 586 g/mol. The van der Waals surface area contributed by atoms with Crippen LogP contribution in [-0.4, -0.2) is 39.6 Å². The van der Waals surface area contributed by atoms with Gasteiger partial charge in [0.05, 0.1) is 27.0 Å². The van der Waals surface area contributed by atoms with Crippen molar-refractivity contribution in [3.8, 4) is 10.6 Å². The lowest BCUT2D eigenvalue weighted by atomic mass is 10.0. The third kappa shape index (κ3) is 5.48. The van der Waals surface area contributed by atoms with Gasteiger partial charge in [-0.15, -0.1) is 11.3 Å². The van der Waals surface area contributed by atoms with Crippen LogP contribution in [0, 0.1) is 17.6 Å². The number of aliphatic imine (C=N–C) groups is 1. The molecular formula is C30H24F2N6O3S. The van der Waals surface area contributed by atoms with E-state index in [2.05, 4.69) is 15.3 Å². The molecule has 0 saturated heterocycles. The number of thiophene rings is 1. The number of rotatable bonds is 8. The Morgan fingerprint density at radius 3 is 2.79 bits per heavy atom. The summed E-state index contributed by atoms with van der Waals surface area (Å²) in [5, 5.41) is 2.94. The van der Waals surface area contributed by atoms with Crippen molar-refractivity contribution in [2.24, 2.45) is 10.9 Å². The van der Waals surface area contributed by atoms with Crippen molar-refractivity contribution in [1.82, 2.24) is 14.5 Å². The van der Waals surface area contributed by atoms with E-state index >= 15 is 0 Å². The Balaban J connectivity index is 1.29. The number of aryl methyl sites for hydroxylation is 1. The summed E-state index contributed by atoms with van der Waals surface area (Å²) in [5.74, 6) is -1.77. The zero-order valence-corrected chi connectivity index (χ0v) is 23.1. The number of fused-ring (bicyclic) bond motifs is 1. The number of hydrogen-bond donors (Lipinski definition) is 1. The zero-order valence-electron chi connectivity index (χ0n) is 22.3. The van der Waals surface area contributed by atoms with E-state index in [1.54, 1.807) is 43.7 Å². The van der Waals surface area contributed by atoms with Gasteiger partial charge in [-0.05, 0) is 67.3 Å². The smallest absolute Gasteiger partial charge is 0.268 e. The average molecular weight is 587 g/mol. The molecule has 2 amide bonds. The number of carbonyl (C=O) groups is 2. The van der Waals surface area contributed by atoms with E-state index in [0.717, 1.165) is 35.4 Å². The maximum absolute atomic E-state index is 13.8. The van der Waals surface area contributed by atoms with Gasteiger partial charge in [0.15, 0.2) is 23.8 Å². The number of hydrogen-bond acceptors (Lipinski definition) is 7. The Bertz CT molecular complexity index is 1840. The molecule has 0 aliphatic carbocycles. The molecule has 1 aliphatic heterocycles. The molecule has 3 aromatic heterocycles. The van der Waals surface area contributed by atoms with Crippen LogP contribution in [0.25, 0.3) is 21.7 Å². The molecule has 42 heavy (non-hydrogen) atoms. The minimum atomic E-state index is -1.10. The van der Waals surface area contributed by atoms with Gasteiger partial charge in [-0.2, -0.15) is 0 Å². The third-order valence-corrected chi connectivity index (χ3v) is 8.07. The van der Waals surface area contributed by atoms with Crippen LogP contribution in [0.1, 0.15) is 32.9 Å². The highest BCUT2D eigenvalue weighted by Crippen LogP contribution is 2.30. The summed E-state index contributed by atoms with van der Waals surface area (Å²) in [7, 11) is 1.54. The van der Waals surface area contributed by atoms with E-state index in [-0.39, 0.29) is 17.4 Å². The summed E-state index contributed by atoms with van der Waals surface area (Å²) in [6, 6.07) is 11.8. The second-order valence-corrected chi connectivity index (χ2v) is 10.8. The summed E-state index contributed by atoms with van der Waals surface area (Å²) < 4.78 is 34.4. The quantitative estimate of drug-likeness (QED) is 0.222. The average Bonchev–Trinajstić information content (AvgIpc) is 3.77. The molecule has 5 aromatic rings. The van der Waals surface area contributed by atoms with Gasteiger partial charge in [0.25, 0.3) is 11.8 Å². The molecule has 0 spiro atoms. The largest absolute Gasteiger partial charge is 0.443 e. The number of amides is 2. The van der Waals surface area contributed by atoms with Crippen LogP contribution >= 0.6 is 11.3 Å². The molecule has 2 aromatic carbocycles. The summed E-state index contributed by atoms with van der Waals surface area (Å²) >= 11 is 1.27. The molecule has 9 nitrogen and oxygen atoms in total. The Hall–Kier alpha value is -4.97. The Kier molecular flexibility index (Phi) is 7.44. The molecular weight excluding hydrogens is 562 g/mol. The summed E-state index contributed by atoms with van der Waals surface area (Å²) in [5.41, 5.74) is 1.83. The minimum absolute atomic E-state index is 0.0128. The molecule has 12 heteroatoms. The first-order valence-corrected chi connectivity index (χ1v) is 13.9. The van der Waals surface area contributed by atoms with Gasteiger partial charge in [-0.3, -0.25) is 19.9 Å². The summed E-state index contributed by atoms with van der Waals surface area (Å²) in [6.45, 7) is 0.563. The molecule has 1 atom stereocenters. The molecule has 6 rings (SSSR count). The minimum Gasteiger partial charge on any atom is -0.443 e. The van der Waals surface area contributed by atoms with Gasteiger partial charge in [-0.25, -0.2) is 18.7 Å². The van der Waals surface area contributed by atoms with E-state index in [4.69, 9.17) is 9.40 Å². The SMILES string of the molecule is CN(C(=O)c1ccc(F)c(F)c1)c1ccc2c(c1)nc(NC(=O)c1ccc(-c3cnco3)s1)n2CC[C@H]1C=NC=CC1. The number of halogens is 2. The third-order valence-electron chi connectivity index (χ3n) is 6.97. The Morgan fingerprint density at radius 2 is 2.02 bits per heavy atom. The van der Waals surface area contributed by atoms with Crippen LogP contribution in [0.3, 0.4) is 0 Å². The Morgan fingerprint density at radius 1 is 1.14 bits per heavy atom. The predicted molar refractivity (Wildman–Crippen MR) is 157 cm³/mol. The number of nitrogens with zero attached hydrogens (tertiary/aromatic N) is 5. The standard InChI is InChI=1S/C30H24F2N6O3S/c1-37(29(40)19-4-6-21(31)22(32)13-19)20-5-7-24-23(14-20)35-30(38(24)12-10-18-3-2-11-33-15-18)36-28(39)27-9-8-26(42-27)25-16-34-17-41-25/h2,4-9,11,13-18H,3,10,12H2,1H3,(H,35,36,39)/t18-/m0/s1. The first-order valence-electron chi connectivity index (χ1n) is 13.1. The number of carbonyl (C=O) groups excluding carboxylic acids is 2. The fourth-order valence-corrected chi connectivity index (χ4v) is 5.55. The second-order valence-electron chi connectivity index (χ2n) is 9.70. The maximum atomic E-state index is 13.8. The highest BCUT2D eigenvalue weighted by Gasteiger charge is 2.21. The fourth-order valence-electron chi connectivity index (χ4n) is 4.70. The van der Waals surface area contributed by atoms with E-state index in [9.17, 15) is 18.4 Å². The number of nitrogens with one attached hydrogen (secondary N) is 1. The zero-order chi connectivity index (χ0) is 29.2. The van der Waals surface area contributed by atoms with Crippen molar-refractivity contribution in [2.75, 3.05) is 17.3 Å². The van der Waals surface area contributed by atoms with Crippen LogP contribution in [0.4, 0.5) is 20.4 Å². The van der Waals surface area contributed by atoms with Crippen molar-refractivity contribution in [2.45, 2.75) is 19.4 Å². The van der Waals surface area contributed by atoms with E-state index < -0.39 is 17.5 Å². The van der Waals surface area contributed by atoms with Crippen molar-refractivity contribution < 1.29 is 22.8 Å². The van der Waals surface area contributed by atoms with Crippen LogP contribution in [-0.2, 0) is 6.54 Å². The number of anilines is 2. The molecule has 1 aliphatic rings. The van der Waals surface area contributed by atoms with Crippen molar-refractivity contribution in [3.05, 3.63) is 95.5 Å². The number of benzene rings is 2. The molecule has 1 N–H and O–H groups in total. The number of allylic oxidation sites excluding steroid dienone is 1. The highest BCUT2D eigenvalue weighted by molar-refractivity contribution is 7.17. The van der Waals surface area contributed by atoms with Gasteiger partial charge >= 0.3 is 0 Å². The van der Waals surface area contributed by atoms with Crippen LogP contribution in [0.15, 0.2) is 82.8 Å². The van der Waals surface area contributed by atoms with Crippen molar-refractivity contribution in [3.63, 3.8) is 0 Å².